The Bertz CT molecular complexity index is 963. The normalized spacial score (nSPS) is 29.4. The number of pyridine rings is 2. The molecular formula is C21H18FN3O3. The van der Waals surface area contributed by atoms with Gasteiger partial charge in [-0.2, -0.15) is 0 Å². The minimum absolute atomic E-state index is 0.0797. The Kier molecular flexibility index (Phi) is 3.96. The molecule has 0 saturated heterocycles. The summed E-state index contributed by atoms with van der Waals surface area (Å²) in [6, 6.07) is 8.14. The van der Waals surface area contributed by atoms with Crippen molar-refractivity contribution < 1.29 is 18.7 Å². The number of hydrogen-bond acceptors (Lipinski definition) is 5. The van der Waals surface area contributed by atoms with Gasteiger partial charge in [-0.15, -0.1) is 0 Å². The molecule has 142 valence electrons. The van der Waals surface area contributed by atoms with Gasteiger partial charge in [0.1, 0.15) is 18.1 Å². The van der Waals surface area contributed by atoms with Gasteiger partial charge in [-0.1, -0.05) is 6.07 Å². The molecule has 0 radical (unpaired) electrons. The van der Waals surface area contributed by atoms with Crippen LogP contribution in [0.5, 0.6) is 0 Å². The quantitative estimate of drug-likeness (QED) is 0.802. The predicted molar refractivity (Wildman–Crippen MR) is 97.8 cm³/mol. The molecule has 7 heteroatoms. The van der Waals surface area contributed by atoms with Gasteiger partial charge in [0.05, 0.1) is 17.5 Å². The molecule has 1 aliphatic carbocycles. The molecule has 4 heterocycles. The second-order valence-electron chi connectivity index (χ2n) is 7.33. The minimum atomic E-state index is -1.01. The second-order valence-corrected chi connectivity index (χ2v) is 7.33. The summed E-state index contributed by atoms with van der Waals surface area (Å²) in [5.41, 5.74) is 1.04. The minimum Gasteiger partial charge on any atom is -0.483 e. The average molecular weight is 379 g/mol. The van der Waals surface area contributed by atoms with Crippen molar-refractivity contribution in [3.63, 3.8) is 0 Å². The summed E-state index contributed by atoms with van der Waals surface area (Å²) in [7, 11) is 0. The molecule has 0 bridgehead atoms. The van der Waals surface area contributed by atoms with E-state index in [-0.39, 0.29) is 23.9 Å². The third-order valence-corrected chi connectivity index (χ3v) is 5.70. The van der Waals surface area contributed by atoms with Gasteiger partial charge < -0.3 is 4.74 Å². The van der Waals surface area contributed by atoms with Crippen molar-refractivity contribution in [2.75, 3.05) is 4.90 Å². The van der Waals surface area contributed by atoms with E-state index in [9.17, 15) is 14.0 Å². The second kappa shape index (κ2) is 6.51. The average Bonchev–Trinajstić information content (AvgIpc) is 3.03. The highest BCUT2D eigenvalue weighted by atomic mass is 19.1. The lowest BCUT2D eigenvalue weighted by Crippen LogP contribution is -2.42. The fourth-order valence-electron chi connectivity index (χ4n) is 4.41. The first-order valence-corrected chi connectivity index (χ1v) is 9.38. The Balaban J connectivity index is 1.64. The van der Waals surface area contributed by atoms with Crippen LogP contribution in [0, 0.1) is 5.92 Å². The molecule has 2 aliphatic heterocycles. The number of fused-ring (bicyclic) bond motifs is 1. The Hall–Kier alpha value is -3.09. The maximum Gasteiger partial charge on any atom is 0.295 e. The molecular weight excluding hydrogens is 361 g/mol. The Morgan fingerprint density at radius 1 is 1.07 bits per heavy atom. The van der Waals surface area contributed by atoms with E-state index in [0.717, 1.165) is 5.56 Å². The zero-order valence-corrected chi connectivity index (χ0v) is 15.0. The first-order valence-electron chi connectivity index (χ1n) is 9.38. The van der Waals surface area contributed by atoms with Gasteiger partial charge in [0.25, 0.3) is 5.91 Å². The van der Waals surface area contributed by atoms with Crippen LogP contribution in [-0.4, -0.2) is 33.9 Å². The van der Waals surface area contributed by atoms with E-state index in [4.69, 9.17) is 4.74 Å². The van der Waals surface area contributed by atoms with Gasteiger partial charge in [-0.25, -0.2) is 9.37 Å². The first kappa shape index (κ1) is 17.0. The van der Waals surface area contributed by atoms with Crippen LogP contribution in [0.15, 0.2) is 60.3 Å². The Morgan fingerprint density at radius 3 is 2.64 bits per heavy atom. The molecule has 0 N–H and O–H groups in total. The summed E-state index contributed by atoms with van der Waals surface area (Å²) >= 11 is 0. The van der Waals surface area contributed by atoms with Gasteiger partial charge in [-0.3, -0.25) is 19.5 Å². The monoisotopic (exact) mass is 379 g/mol. The van der Waals surface area contributed by atoms with Crippen molar-refractivity contribution in [2.24, 2.45) is 5.92 Å². The molecule has 1 fully saturated rings. The number of halogens is 1. The standard InChI is InChI=1S/C21H18FN3O3/c22-13-4-5-15-14(11-13)19(26)17-18(12-6-9-23-10-7-12)25(21(27)20(17)28-15)16-3-1-2-8-24-16/h1-3,6-10,13-15,18H,4-5,11H2. The number of alkyl halides is 1. The van der Waals surface area contributed by atoms with Gasteiger partial charge in [0.15, 0.2) is 11.5 Å². The number of Topliss-reactive ketones (excluding diaryl/α,β-unsaturated/α-hetero) is 1. The van der Waals surface area contributed by atoms with Crippen LogP contribution < -0.4 is 4.90 Å². The number of carbonyl (C=O) groups is 2. The summed E-state index contributed by atoms with van der Waals surface area (Å²) < 4.78 is 20.0. The summed E-state index contributed by atoms with van der Waals surface area (Å²) in [5, 5.41) is 0. The molecule has 6 nitrogen and oxygen atoms in total. The van der Waals surface area contributed by atoms with Crippen LogP contribution in [0.25, 0.3) is 0 Å². The lowest BCUT2D eigenvalue weighted by atomic mass is 9.77. The van der Waals surface area contributed by atoms with Gasteiger partial charge in [0, 0.05) is 18.6 Å². The van der Waals surface area contributed by atoms with Gasteiger partial charge >= 0.3 is 0 Å². The molecule has 4 unspecified atom stereocenters. The first-order chi connectivity index (χ1) is 13.6. The van der Waals surface area contributed by atoms with Crippen molar-refractivity contribution in [3.8, 4) is 0 Å². The maximum atomic E-state index is 14.0. The van der Waals surface area contributed by atoms with Crippen LogP contribution in [0.2, 0.25) is 0 Å². The lowest BCUT2D eigenvalue weighted by Gasteiger charge is -2.36. The highest BCUT2D eigenvalue weighted by Crippen LogP contribution is 2.48. The molecule has 28 heavy (non-hydrogen) atoms. The summed E-state index contributed by atoms with van der Waals surface area (Å²) in [4.78, 5) is 36.5. The summed E-state index contributed by atoms with van der Waals surface area (Å²) in [6.45, 7) is 0. The highest BCUT2D eigenvalue weighted by Gasteiger charge is 2.53. The topological polar surface area (TPSA) is 72.4 Å². The molecule has 3 aliphatic rings. The van der Waals surface area contributed by atoms with Crippen molar-refractivity contribution >= 4 is 17.5 Å². The van der Waals surface area contributed by atoms with E-state index in [1.165, 1.54) is 4.90 Å². The Labute approximate surface area is 161 Å². The van der Waals surface area contributed by atoms with Crippen LogP contribution >= 0.6 is 0 Å². The summed E-state index contributed by atoms with van der Waals surface area (Å²) in [6.07, 6.45) is 4.30. The number of amides is 1. The molecule has 2 aromatic rings. The fourth-order valence-corrected chi connectivity index (χ4v) is 4.41. The number of anilines is 1. The molecule has 0 spiro atoms. The number of rotatable bonds is 2. The van der Waals surface area contributed by atoms with E-state index in [1.807, 2.05) is 0 Å². The molecule has 1 saturated carbocycles. The third-order valence-electron chi connectivity index (χ3n) is 5.70. The van der Waals surface area contributed by atoms with Crippen molar-refractivity contribution in [1.82, 2.24) is 9.97 Å². The van der Waals surface area contributed by atoms with Crippen molar-refractivity contribution in [3.05, 3.63) is 65.8 Å². The molecule has 5 rings (SSSR count). The fraction of sp³-hybridized carbons (Fsp3) is 0.333. The number of carbonyl (C=O) groups excluding carboxylic acids is 2. The molecule has 4 atom stereocenters. The van der Waals surface area contributed by atoms with E-state index in [1.54, 1.807) is 48.9 Å². The van der Waals surface area contributed by atoms with Crippen LogP contribution in [0.4, 0.5) is 10.2 Å². The highest BCUT2D eigenvalue weighted by molar-refractivity contribution is 6.17. The number of nitrogens with zero attached hydrogens (tertiary/aromatic N) is 3. The number of hydrogen-bond donors (Lipinski definition) is 0. The zero-order valence-electron chi connectivity index (χ0n) is 15.0. The zero-order chi connectivity index (χ0) is 19.3. The van der Waals surface area contributed by atoms with E-state index >= 15 is 0 Å². The van der Waals surface area contributed by atoms with Crippen LogP contribution in [-0.2, 0) is 14.3 Å². The molecule has 1 amide bonds. The largest absolute Gasteiger partial charge is 0.483 e. The van der Waals surface area contributed by atoms with Crippen LogP contribution in [0.1, 0.15) is 30.9 Å². The smallest absolute Gasteiger partial charge is 0.295 e. The van der Waals surface area contributed by atoms with E-state index < -0.39 is 24.2 Å². The maximum absolute atomic E-state index is 14.0. The number of ketones is 1. The molecule has 2 aromatic heterocycles. The van der Waals surface area contributed by atoms with Gasteiger partial charge in [-0.05, 0) is 49.1 Å². The van der Waals surface area contributed by atoms with Gasteiger partial charge in [0.2, 0.25) is 0 Å². The predicted octanol–water partition coefficient (Wildman–Crippen LogP) is 2.92. The number of aromatic nitrogens is 2. The van der Waals surface area contributed by atoms with Crippen molar-refractivity contribution in [2.45, 2.75) is 37.6 Å². The Morgan fingerprint density at radius 2 is 1.89 bits per heavy atom. The lowest BCUT2D eigenvalue weighted by molar-refractivity contribution is -0.133. The molecule has 0 aromatic carbocycles. The number of ether oxygens (including phenoxy) is 1. The summed E-state index contributed by atoms with van der Waals surface area (Å²) in [5.74, 6) is -0.613. The van der Waals surface area contributed by atoms with E-state index in [0.29, 0.717) is 24.2 Å². The SMILES string of the molecule is O=C1C2=C(OC3CCC(F)CC13)C(=O)N(c1ccccn1)C2c1ccncc1. The van der Waals surface area contributed by atoms with E-state index in [2.05, 4.69) is 9.97 Å². The van der Waals surface area contributed by atoms with Crippen molar-refractivity contribution in [1.29, 1.82) is 0 Å². The van der Waals surface area contributed by atoms with Crippen LogP contribution in [0.3, 0.4) is 0 Å². The third kappa shape index (κ3) is 2.53.